The van der Waals surface area contributed by atoms with Crippen LogP contribution >= 0.6 is 11.6 Å². The third-order valence-corrected chi connectivity index (χ3v) is 3.85. The lowest BCUT2D eigenvalue weighted by Crippen LogP contribution is -2.47. The van der Waals surface area contributed by atoms with Gasteiger partial charge in [0.25, 0.3) is 5.91 Å². The molecule has 0 radical (unpaired) electrons. The summed E-state index contributed by atoms with van der Waals surface area (Å²) in [5.41, 5.74) is 0.835. The van der Waals surface area contributed by atoms with Crippen molar-refractivity contribution in [1.29, 1.82) is 0 Å². The minimum atomic E-state index is -0.724. The summed E-state index contributed by atoms with van der Waals surface area (Å²) >= 11 is 5.85. The molecule has 0 bridgehead atoms. The zero-order valence-corrected chi connectivity index (χ0v) is 15.2. The van der Waals surface area contributed by atoms with Gasteiger partial charge in [-0.25, -0.2) is 0 Å². The molecule has 6 nitrogen and oxygen atoms in total. The molecule has 7 heteroatoms. The lowest BCUT2D eigenvalue weighted by atomic mass is 10.1. The van der Waals surface area contributed by atoms with Gasteiger partial charge < -0.3 is 14.7 Å². The minimum absolute atomic E-state index is 0.0913. The van der Waals surface area contributed by atoms with Crippen molar-refractivity contribution >= 4 is 23.4 Å². The van der Waals surface area contributed by atoms with Crippen LogP contribution in [0.1, 0.15) is 17.4 Å². The highest BCUT2D eigenvalue weighted by molar-refractivity contribution is 6.30. The second-order valence-corrected chi connectivity index (χ2v) is 6.04. The molecule has 2 aromatic rings. The van der Waals surface area contributed by atoms with Crippen molar-refractivity contribution in [2.24, 2.45) is 0 Å². The molecule has 1 atom stereocenters. The van der Waals surface area contributed by atoms with Gasteiger partial charge in [-0.1, -0.05) is 28.9 Å². The van der Waals surface area contributed by atoms with Crippen LogP contribution in [0.2, 0.25) is 5.02 Å². The third kappa shape index (κ3) is 4.83. The quantitative estimate of drug-likeness (QED) is 0.720. The van der Waals surface area contributed by atoms with Crippen molar-refractivity contribution in [2.45, 2.75) is 13.0 Å². The predicted octanol–water partition coefficient (Wildman–Crippen LogP) is 3.31. The van der Waals surface area contributed by atoms with E-state index in [0.717, 1.165) is 5.56 Å². The van der Waals surface area contributed by atoms with Crippen LogP contribution in [0.4, 0.5) is 0 Å². The van der Waals surface area contributed by atoms with Crippen molar-refractivity contribution in [2.75, 3.05) is 13.1 Å². The Morgan fingerprint density at radius 3 is 2.46 bits per heavy atom. The van der Waals surface area contributed by atoms with Crippen molar-refractivity contribution < 1.29 is 14.1 Å². The molecule has 1 aromatic carbocycles. The molecular formula is C19H20ClN3O3. The molecule has 0 aliphatic carbocycles. The zero-order valence-electron chi connectivity index (χ0n) is 14.4. The Kier molecular flexibility index (Phi) is 6.74. The number of halogens is 1. The van der Waals surface area contributed by atoms with E-state index in [1.54, 1.807) is 43.3 Å². The molecule has 1 heterocycles. The van der Waals surface area contributed by atoms with Crippen LogP contribution in [0.5, 0.6) is 0 Å². The topological polar surface area (TPSA) is 75.4 Å². The molecule has 1 unspecified atom stereocenters. The number of carbonyl (C=O) groups is 2. The van der Waals surface area contributed by atoms with Gasteiger partial charge in [0.1, 0.15) is 6.04 Å². The molecule has 0 spiro atoms. The van der Waals surface area contributed by atoms with Crippen molar-refractivity contribution in [3.05, 3.63) is 66.4 Å². The Balaban J connectivity index is 2.05. The van der Waals surface area contributed by atoms with Crippen molar-refractivity contribution in [3.63, 3.8) is 0 Å². The van der Waals surface area contributed by atoms with Gasteiger partial charge in [-0.2, -0.15) is 0 Å². The minimum Gasteiger partial charge on any atom is -0.355 e. The summed E-state index contributed by atoms with van der Waals surface area (Å²) in [5, 5.41) is 6.99. The maximum absolute atomic E-state index is 12.4. The van der Waals surface area contributed by atoms with Crippen LogP contribution in [-0.4, -0.2) is 41.0 Å². The number of nitrogens with one attached hydrogen (secondary N) is 1. The van der Waals surface area contributed by atoms with Crippen LogP contribution in [0.3, 0.4) is 0 Å². The highest BCUT2D eigenvalue weighted by atomic mass is 35.5. The van der Waals surface area contributed by atoms with Crippen LogP contribution in [0.15, 0.2) is 60.2 Å². The Labute approximate surface area is 157 Å². The maximum Gasteiger partial charge on any atom is 0.274 e. The van der Waals surface area contributed by atoms with Gasteiger partial charge in [-0.3, -0.25) is 9.59 Å². The molecule has 0 aliphatic heterocycles. The first-order valence-electron chi connectivity index (χ1n) is 8.00. The van der Waals surface area contributed by atoms with Gasteiger partial charge in [0.15, 0.2) is 11.5 Å². The molecule has 0 fully saturated rings. The van der Waals surface area contributed by atoms with Gasteiger partial charge >= 0.3 is 0 Å². The normalized spacial score (nSPS) is 11.5. The summed E-state index contributed by atoms with van der Waals surface area (Å²) in [6.45, 7) is 9.60. The van der Waals surface area contributed by atoms with E-state index in [4.69, 9.17) is 16.1 Å². The molecule has 0 saturated carbocycles. The zero-order chi connectivity index (χ0) is 19.1. The molecule has 2 rings (SSSR count). The molecule has 136 valence electrons. The smallest absolute Gasteiger partial charge is 0.274 e. The average molecular weight is 374 g/mol. The summed E-state index contributed by atoms with van der Waals surface area (Å²) in [6.07, 6.45) is 3.23. The van der Waals surface area contributed by atoms with Gasteiger partial charge in [0.05, 0.1) is 0 Å². The molecule has 0 saturated heterocycles. The Hall–Kier alpha value is -2.86. The first-order valence-corrected chi connectivity index (χ1v) is 8.38. The van der Waals surface area contributed by atoms with E-state index in [0.29, 0.717) is 23.9 Å². The first-order chi connectivity index (χ1) is 12.5. The van der Waals surface area contributed by atoms with Gasteiger partial charge in [0, 0.05) is 29.7 Å². The van der Waals surface area contributed by atoms with Crippen LogP contribution < -0.4 is 5.32 Å². The lowest BCUT2D eigenvalue weighted by Gasteiger charge is -2.23. The molecule has 0 aliphatic rings. The SMILES string of the molecule is C=CCN(CC=C)C(=O)C(C)NC(=O)c1cc(-c2ccc(Cl)cc2)on1. The van der Waals surface area contributed by atoms with Crippen molar-refractivity contribution in [1.82, 2.24) is 15.4 Å². The number of hydrogen-bond acceptors (Lipinski definition) is 4. The Morgan fingerprint density at radius 2 is 1.88 bits per heavy atom. The monoisotopic (exact) mass is 373 g/mol. The number of benzene rings is 1. The molecular weight excluding hydrogens is 354 g/mol. The van der Waals surface area contributed by atoms with Crippen LogP contribution in [-0.2, 0) is 4.79 Å². The van der Waals surface area contributed by atoms with Crippen LogP contribution in [0, 0.1) is 0 Å². The van der Waals surface area contributed by atoms with E-state index in [2.05, 4.69) is 23.6 Å². The number of amides is 2. The number of aromatic nitrogens is 1. The van der Waals surface area contributed by atoms with Gasteiger partial charge in [0.2, 0.25) is 5.91 Å². The highest BCUT2D eigenvalue weighted by Gasteiger charge is 2.23. The Bertz CT molecular complexity index is 789. The van der Waals surface area contributed by atoms with E-state index in [1.807, 2.05) is 0 Å². The molecule has 1 N–H and O–H groups in total. The second-order valence-electron chi connectivity index (χ2n) is 5.60. The third-order valence-electron chi connectivity index (χ3n) is 3.60. The predicted molar refractivity (Wildman–Crippen MR) is 101 cm³/mol. The molecule has 1 aromatic heterocycles. The average Bonchev–Trinajstić information content (AvgIpc) is 3.11. The van der Waals surface area contributed by atoms with E-state index >= 15 is 0 Å². The summed E-state index contributed by atoms with van der Waals surface area (Å²) in [4.78, 5) is 26.3. The molecule has 2 amide bonds. The standard InChI is InChI=1S/C19H20ClN3O3/c1-4-10-23(11-5-2)19(25)13(3)21-18(24)16-12-17(26-22-16)14-6-8-15(20)9-7-14/h4-9,12-13H,1-2,10-11H2,3H3,(H,21,24). The second kappa shape index (κ2) is 9.01. The fourth-order valence-electron chi connectivity index (χ4n) is 2.30. The molecule has 26 heavy (non-hydrogen) atoms. The number of rotatable bonds is 8. The van der Waals surface area contributed by atoms with E-state index in [1.165, 1.54) is 11.0 Å². The van der Waals surface area contributed by atoms with Gasteiger partial charge in [-0.05, 0) is 31.2 Å². The van der Waals surface area contributed by atoms with E-state index < -0.39 is 11.9 Å². The van der Waals surface area contributed by atoms with E-state index in [-0.39, 0.29) is 11.6 Å². The summed E-state index contributed by atoms with van der Waals surface area (Å²) in [7, 11) is 0. The lowest BCUT2D eigenvalue weighted by molar-refractivity contribution is -0.131. The fourth-order valence-corrected chi connectivity index (χ4v) is 2.43. The first kappa shape index (κ1) is 19.5. The fraction of sp³-hybridized carbons (Fsp3) is 0.211. The summed E-state index contributed by atoms with van der Waals surface area (Å²) < 4.78 is 5.20. The number of carbonyl (C=O) groups excluding carboxylic acids is 2. The van der Waals surface area contributed by atoms with Crippen molar-refractivity contribution in [3.8, 4) is 11.3 Å². The van der Waals surface area contributed by atoms with Gasteiger partial charge in [-0.15, -0.1) is 13.2 Å². The Morgan fingerprint density at radius 1 is 1.27 bits per heavy atom. The summed E-state index contributed by atoms with van der Waals surface area (Å²) in [5.74, 6) is -0.294. The highest BCUT2D eigenvalue weighted by Crippen LogP contribution is 2.22. The number of hydrogen-bond donors (Lipinski definition) is 1. The van der Waals surface area contributed by atoms with Crippen LogP contribution in [0.25, 0.3) is 11.3 Å². The summed E-state index contributed by atoms with van der Waals surface area (Å²) in [6, 6.07) is 7.75. The largest absolute Gasteiger partial charge is 0.355 e. The number of nitrogens with zero attached hydrogens (tertiary/aromatic N) is 2. The van der Waals surface area contributed by atoms with E-state index in [9.17, 15) is 9.59 Å². The maximum atomic E-state index is 12.4.